The molecule has 100 valence electrons. The van der Waals surface area contributed by atoms with Crippen molar-refractivity contribution in [3.05, 3.63) is 27.9 Å². The van der Waals surface area contributed by atoms with Gasteiger partial charge in [0.25, 0.3) is 11.3 Å². The van der Waals surface area contributed by atoms with Gasteiger partial charge < -0.3 is 9.47 Å². The van der Waals surface area contributed by atoms with Crippen molar-refractivity contribution in [3.63, 3.8) is 0 Å². The Morgan fingerprint density at radius 2 is 2.16 bits per heavy atom. The molecule has 19 heavy (non-hydrogen) atoms. The lowest BCUT2D eigenvalue weighted by Gasteiger charge is -1.96. The number of hydrogen-bond acceptors (Lipinski definition) is 7. The molecule has 0 spiro atoms. The topological polar surface area (TPSA) is 116 Å². The van der Waals surface area contributed by atoms with Gasteiger partial charge in [0, 0.05) is 13.0 Å². The molecule has 0 atom stereocenters. The van der Waals surface area contributed by atoms with E-state index in [-0.39, 0.29) is 23.9 Å². The number of aromatic nitrogens is 4. The molecule has 2 aromatic heterocycles. The van der Waals surface area contributed by atoms with Gasteiger partial charge >= 0.3 is 11.9 Å². The summed E-state index contributed by atoms with van der Waals surface area (Å²) in [6.07, 6.45) is 0. The molecule has 0 saturated carbocycles. The molecule has 9 nitrogen and oxygen atoms in total. The van der Waals surface area contributed by atoms with Gasteiger partial charge in [-0.3, -0.25) is 14.7 Å². The number of carbonyl (C=O) groups excluding carboxylic acids is 2. The maximum Gasteiger partial charge on any atom is 0.357 e. The highest BCUT2D eigenvalue weighted by atomic mass is 16.5. The summed E-state index contributed by atoms with van der Waals surface area (Å²) in [7, 11) is 1.18. The van der Waals surface area contributed by atoms with Gasteiger partial charge in [-0.15, -0.1) is 0 Å². The van der Waals surface area contributed by atoms with Crippen LogP contribution in [0.4, 0.5) is 0 Å². The number of H-pyrrole nitrogens is 1. The molecule has 0 fully saturated rings. The first kappa shape index (κ1) is 12.7. The van der Waals surface area contributed by atoms with Crippen molar-refractivity contribution in [1.82, 2.24) is 19.6 Å². The van der Waals surface area contributed by atoms with Gasteiger partial charge in [0.15, 0.2) is 18.1 Å². The summed E-state index contributed by atoms with van der Waals surface area (Å²) in [6.45, 7) is 1.13. The second-order valence-corrected chi connectivity index (χ2v) is 3.56. The van der Waals surface area contributed by atoms with Gasteiger partial charge in [-0.05, 0) is 0 Å². The summed E-state index contributed by atoms with van der Waals surface area (Å²) in [5, 5.41) is 2.60. The van der Waals surface area contributed by atoms with Crippen LogP contribution >= 0.6 is 0 Å². The number of aromatic amines is 1. The molecule has 0 bridgehead atoms. The zero-order chi connectivity index (χ0) is 14.0. The van der Waals surface area contributed by atoms with E-state index in [1.165, 1.54) is 14.0 Å². The van der Waals surface area contributed by atoms with Crippen LogP contribution in [0.25, 0.3) is 5.78 Å². The van der Waals surface area contributed by atoms with Crippen molar-refractivity contribution >= 4 is 17.7 Å². The van der Waals surface area contributed by atoms with Gasteiger partial charge in [-0.2, -0.15) is 9.50 Å². The van der Waals surface area contributed by atoms with Gasteiger partial charge in [-0.25, -0.2) is 9.78 Å². The van der Waals surface area contributed by atoms with Crippen molar-refractivity contribution in [2.75, 3.05) is 7.11 Å². The number of nitrogens with one attached hydrogen (secondary N) is 1. The normalized spacial score (nSPS) is 10.4. The fourth-order valence-electron chi connectivity index (χ4n) is 1.37. The van der Waals surface area contributed by atoms with Crippen LogP contribution in [0, 0.1) is 0 Å². The van der Waals surface area contributed by atoms with E-state index in [2.05, 4.69) is 19.8 Å². The number of carbonyl (C=O) groups is 2. The van der Waals surface area contributed by atoms with E-state index < -0.39 is 17.5 Å². The number of hydrogen-bond donors (Lipinski definition) is 1. The molecule has 2 heterocycles. The molecule has 0 radical (unpaired) electrons. The van der Waals surface area contributed by atoms with Crippen LogP contribution in [0.3, 0.4) is 0 Å². The molecule has 9 heteroatoms. The summed E-state index contributed by atoms with van der Waals surface area (Å²) < 4.78 is 10.2. The van der Waals surface area contributed by atoms with E-state index in [9.17, 15) is 14.4 Å². The van der Waals surface area contributed by atoms with Crippen LogP contribution in [-0.2, 0) is 20.9 Å². The predicted octanol–water partition coefficient (Wildman–Crippen LogP) is -0.733. The highest BCUT2D eigenvalue weighted by Crippen LogP contribution is 2.00. The summed E-state index contributed by atoms with van der Waals surface area (Å²) in [5.74, 6) is -0.975. The maximum atomic E-state index is 11.7. The number of methoxy groups -OCH3 is 1. The molecule has 0 aliphatic rings. The van der Waals surface area contributed by atoms with Crippen molar-refractivity contribution in [3.8, 4) is 0 Å². The second kappa shape index (κ2) is 4.88. The molecule has 1 N–H and O–H groups in total. The molecule has 0 unspecified atom stereocenters. The molecule has 0 aliphatic heterocycles. The standard InChI is InChI=1S/C10H10N4O5/c1-5(15)19-4-7-12-10-11-6(9(17)18-2)3-8(16)14(10)13-7/h3H,4H2,1-2H3,(H,11,12,13). The fourth-order valence-corrected chi connectivity index (χ4v) is 1.37. The quantitative estimate of drug-likeness (QED) is 0.728. The Labute approximate surface area is 106 Å². The van der Waals surface area contributed by atoms with Crippen LogP contribution < -0.4 is 5.56 Å². The fraction of sp³-hybridized carbons (Fsp3) is 0.300. The lowest BCUT2D eigenvalue weighted by atomic mass is 10.4. The Morgan fingerprint density at radius 3 is 2.79 bits per heavy atom. The highest BCUT2D eigenvalue weighted by molar-refractivity contribution is 5.87. The molecular weight excluding hydrogens is 256 g/mol. The van der Waals surface area contributed by atoms with Crippen LogP contribution in [0.2, 0.25) is 0 Å². The van der Waals surface area contributed by atoms with E-state index in [0.29, 0.717) is 0 Å². The third-order valence-corrected chi connectivity index (χ3v) is 2.18. The smallest absolute Gasteiger partial charge is 0.357 e. The Kier molecular flexibility index (Phi) is 3.27. The van der Waals surface area contributed by atoms with Crippen molar-refractivity contribution in [2.24, 2.45) is 0 Å². The highest BCUT2D eigenvalue weighted by Gasteiger charge is 2.13. The van der Waals surface area contributed by atoms with E-state index in [1.807, 2.05) is 0 Å². The minimum absolute atomic E-state index is 0.00458. The molecule has 0 saturated heterocycles. The maximum absolute atomic E-state index is 11.7. The molecule has 2 aromatic rings. The zero-order valence-electron chi connectivity index (χ0n) is 10.2. The minimum Gasteiger partial charge on any atom is -0.464 e. The summed E-state index contributed by atoms with van der Waals surface area (Å²) in [4.78, 5) is 41.5. The van der Waals surface area contributed by atoms with Crippen LogP contribution in [-0.4, -0.2) is 38.6 Å². The molecule has 0 aromatic carbocycles. The average Bonchev–Trinajstić information content (AvgIpc) is 2.79. The Hall–Kier alpha value is -2.71. The Balaban J connectivity index is 2.42. The van der Waals surface area contributed by atoms with Crippen LogP contribution in [0.5, 0.6) is 0 Å². The monoisotopic (exact) mass is 266 g/mol. The zero-order valence-corrected chi connectivity index (χ0v) is 10.2. The minimum atomic E-state index is -0.732. The molecular formula is C10H10N4O5. The summed E-state index contributed by atoms with van der Waals surface area (Å²) in [5.41, 5.74) is -0.662. The molecule has 0 amide bonds. The third kappa shape index (κ3) is 2.59. The number of rotatable bonds is 3. The first-order valence-electron chi connectivity index (χ1n) is 5.21. The van der Waals surface area contributed by atoms with Crippen LogP contribution in [0.15, 0.2) is 10.9 Å². The third-order valence-electron chi connectivity index (χ3n) is 2.18. The first-order chi connectivity index (χ1) is 9.01. The predicted molar refractivity (Wildman–Crippen MR) is 60.4 cm³/mol. The number of fused-ring (bicyclic) bond motifs is 1. The second-order valence-electron chi connectivity index (χ2n) is 3.56. The number of nitrogens with zero attached hydrogens (tertiary/aromatic N) is 3. The number of esters is 2. The lowest BCUT2D eigenvalue weighted by molar-refractivity contribution is -0.142. The SMILES string of the molecule is COC(=O)c1cc(=O)n2[nH]c(COC(C)=O)nc2n1. The lowest BCUT2D eigenvalue weighted by Crippen LogP contribution is -2.18. The van der Waals surface area contributed by atoms with Crippen molar-refractivity contribution in [1.29, 1.82) is 0 Å². The van der Waals surface area contributed by atoms with Gasteiger partial charge in [0.1, 0.15) is 0 Å². The summed E-state index contributed by atoms with van der Waals surface area (Å²) in [6, 6.07) is 1.02. The summed E-state index contributed by atoms with van der Waals surface area (Å²) >= 11 is 0. The van der Waals surface area contributed by atoms with E-state index in [4.69, 9.17) is 4.74 Å². The number of ether oxygens (including phenoxy) is 2. The van der Waals surface area contributed by atoms with Gasteiger partial charge in [0.2, 0.25) is 0 Å². The largest absolute Gasteiger partial charge is 0.464 e. The van der Waals surface area contributed by atoms with Gasteiger partial charge in [0.05, 0.1) is 7.11 Å². The average molecular weight is 266 g/mol. The van der Waals surface area contributed by atoms with Crippen LogP contribution in [0.1, 0.15) is 23.2 Å². The first-order valence-corrected chi connectivity index (χ1v) is 5.21. The van der Waals surface area contributed by atoms with E-state index >= 15 is 0 Å². The Bertz CT molecular complexity index is 701. The van der Waals surface area contributed by atoms with E-state index in [0.717, 1.165) is 10.6 Å². The van der Waals surface area contributed by atoms with Crippen molar-refractivity contribution < 1.29 is 19.1 Å². The molecule has 2 rings (SSSR count). The van der Waals surface area contributed by atoms with Crippen molar-refractivity contribution in [2.45, 2.75) is 13.5 Å². The van der Waals surface area contributed by atoms with E-state index in [1.54, 1.807) is 0 Å². The molecule has 0 aliphatic carbocycles. The Morgan fingerprint density at radius 1 is 1.42 bits per heavy atom. The van der Waals surface area contributed by atoms with Gasteiger partial charge in [-0.1, -0.05) is 0 Å².